The molecule has 3 aromatic rings. The number of hydrogen-bond acceptors (Lipinski definition) is 7. The third-order valence-corrected chi connectivity index (χ3v) is 5.33. The van der Waals surface area contributed by atoms with Gasteiger partial charge in [-0.05, 0) is 56.0 Å². The number of aliphatic carboxylic acids is 1. The number of methoxy groups -OCH3 is 1. The smallest absolute Gasteiger partial charge is 0.490 e. The molecule has 9 nitrogen and oxygen atoms in total. The van der Waals surface area contributed by atoms with Gasteiger partial charge in [-0.25, -0.2) is 9.78 Å². The van der Waals surface area contributed by atoms with Gasteiger partial charge in [-0.1, -0.05) is 43.7 Å². The second-order valence-corrected chi connectivity index (χ2v) is 9.41. The van der Waals surface area contributed by atoms with E-state index >= 15 is 0 Å². The van der Waals surface area contributed by atoms with E-state index in [4.69, 9.17) is 14.6 Å². The van der Waals surface area contributed by atoms with Crippen LogP contribution in [0.25, 0.3) is 0 Å². The van der Waals surface area contributed by atoms with Gasteiger partial charge in [0.25, 0.3) is 0 Å². The number of ether oxygens (including phenoxy) is 1. The second kappa shape index (κ2) is 14.7. The van der Waals surface area contributed by atoms with E-state index in [0.717, 1.165) is 22.7 Å². The van der Waals surface area contributed by atoms with E-state index in [1.807, 2.05) is 43.3 Å². The molecule has 0 aliphatic carbocycles. The van der Waals surface area contributed by atoms with Gasteiger partial charge in [-0.2, -0.15) is 18.2 Å². The Labute approximate surface area is 231 Å². The van der Waals surface area contributed by atoms with Crippen LogP contribution >= 0.6 is 0 Å². The number of carboxylic acid groups (broad SMARTS) is 1. The van der Waals surface area contributed by atoms with E-state index in [9.17, 15) is 18.0 Å². The molecule has 12 heteroatoms. The molecule has 3 rings (SSSR count). The summed E-state index contributed by atoms with van der Waals surface area (Å²) in [6.45, 7) is 8.79. The number of alkyl halides is 3. The van der Waals surface area contributed by atoms with Crippen molar-refractivity contribution in [1.29, 1.82) is 0 Å². The first-order valence-electron chi connectivity index (χ1n) is 12.4. The van der Waals surface area contributed by atoms with E-state index in [1.165, 1.54) is 5.56 Å². The Bertz CT molecular complexity index is 1270. The molecule has 216 valence electrons. The largest absolute Gasteiger partial charge is 0.497 e. The van der Waals surface area contributed by atoms with E-state index in [0.29, 0.717) is 30.6 Å². The van der Waals surface area contributed by atoms with Crippen LogP contribution in [0, 0.1) is 19.8 Å². The van der Waals surface area contributed by atoms with E-state index in [1.54, 1.807) is 7.11 Å². The summed E-state index contributed by atoms with van der Waals surface area (Å²) in [5.74, 6) is -0.660. The molecule has 0 bridgehead atoms. The molecule has 4 N–H and O–H groups in total. The zero-order valence-electron chi connectivity index (χ0n) is 23.0. The van der Waals surface area contributed by atoms with Crippen LogP contribution < -0.4 is 20.7 Å². The lowest BCUT2D eigenvalue weighted by molar-refractivity contribution is -0.192. The standard InChI is InChI=1S/C26H33N5O2.C2HF3O2/c1-17(2)13-23(25(32)29-21-9-11-22(33-5)12-10-21)30-24-15-19(4)28-26(31-24)27-16-20-8-6-7-18(3)14-20;3-2(4,5)1(6)7/h6-12,14-15,17,23H,13,16H2,1-5H3,(H,29,32)(H2,27,28,30,31);(H,6,7)/t23-;/m0./s1. The molecule has 0 unspecified atom stereocenters. The number of hydrogen-bond donors (Lipinski definition) is 4. The lowest BCUT2D eigenvalue weighted by Crippen LogP contribution is -2.36. The average Bonchev–Trinajstić information content (AvgIpc) is 2.87. The number of aryl methyl sites for hydroxylation is 2. The Morgan fingerprint density at radius 2 is 1.68 bits per heavy atom. The van der Waals surface area contributed by atoms with Crippen molar-refractivity contribution >= 4 is 29.3 Å². The van der Waals surface area contributed by atoms with E-state index in [-0.39, 0.29) is 5.91 Å². The minimum Gasteiger partial charge on any atom is -0.497 e. The highest BCUT2D eigenvalue weighted by molar-refractivity contribution is 5.96. The van der Waals surface area contributed by atoms with Gasteiger partial charge in [0.05, 0.1) is 7.11 Å². The molecule has 1 atom stereocenters. The summed E-state index contributed by atoms with van der Waals surface area (Å²) < 4.78 is 36.9. The van der Waals surface area contributed by atoms with Crippen LogP contribution in [0.5, 0.6) is 5.75 Å². The SMILES string of the molecule is COc1ccc(NC(=O)[C@H](CC(C)C)Nc2cc(C)nc(NCc3cccc(C)c3)n2)cc1.O=C(O)C(F)(F)F. The number of nitrogens with zero attached hydrogens (tertiary/aromatic N) is 2. The highest BCUT2D eigenvalue weighted by atomic mass is 19.4. The minimum absolute atomic E-state index is 0.112. The van der Waals surface area contributed by atoms with Crippen molar-refractivity contribution < 1.29 is 32.6 Å². The van der Waals surface area contributed by atoms with Crippen molar-refractivity contribution in [3.05, 3.63) is 71.4 Å². The Morgan fingerprint density at radius 3 is 2.23 bits per heavy atom. The topological polar surface area (TPSA) is 125 Å². The maximum Gasteiger partial charge on any atom is 0.490 e. The first-order chi connectivity index (χ1) is 18.8. The highest BCUT2D eigenvalue weighted by Crippen LogP contribution is 2.19. The maximum atomic E-state index is 13.1. The highest BCUT2D eigenvalue weighted by Gasteiger charge is 2.38. The molecule has 0 aliphatic heterocycles. The fourth-order valence-corrected chi connectivity index (χ4v) is 3.51. The van der Waals surface area contributed by atoms with Gasteiger partial charge in [-0.3, -0.25) is 4.79 Å². The monoisotopic (exact) mass is 561 g/mol. The van der Waals surface area contributed by atoms with E-state index < -0.39 is 18.2 Å². The fourth-order valence-electron chi connectivity index (χ4n) is 3.51. The fraction of sp³-hybridized carbons (Fsp3) is 0.357. The van der Waals surface area contributed by atoms with Crippen molar-refractivity contribution in [2.75, 3.05) is 23.1 Å². The molecule has 40 heavy (non-hydrogen) atoms. The molecule has 2 aromatic carbocycles. The zero-order valence-corrected chi connectivity index (χ0v) is 23.0. The van der Waals surface area contributed by atoms with Gasteiger partial charge >= 0.3 is 12.1 Å². The Kier molecular flexibility index (Phi) is 11.7. The number of aromatic nitrogens is 2. The summed E-state index contributed by atoms with van der Waals surface area (Å²) >= 11 is 0. The Morgan fingerprint density at radius 1 is 1.02 bits per heavy atom. The second-order valence-electron chi connectivity index (χ2n) is 9.41. The number of rotatable bonds is 10. The molecule has 0 spiro atoms. The number of amides is 1. The van der Waals surface area contributed by atoms with Gasteiger partial charge in [0, 0.05) is 24.0 Å². The molecular formula is C28H34F3N5O4. The van der Waals surface area contributed by atoms with Crippen LogP contribution in [0.3, 0.4) is 0 Å². The Balaban J connectivity index is 0.000000708. The molecular weight excluding hydrogens is 527 g/mol. The molecule has 0 fully saturated rings. The predicted molar refractivity (Wildman–Crippen MR) is 147 cm³/mol. The van der Waals surface area contributed by atoms with Crippen LogP contribution in [-0.4, -0.2) is 46.3 Å². The average molecular weight is 562 g/mol. The molecule has 0 aliphatic rings. The number of carboxylic acids is 1. The summed E-state index contributed by atoms with van der Waals surface area (Å²) in [4.78, 5) is 31.0. The maximum absolute atomic E-state index is 13.1. The normalized spacial score (nSPS) is 11.6. The lowest BCUT2D eigenvalue weighted by atomic mass is 10.0. The number of benzene rings is 2. The number of halogens is 3. The zero-order chi connectivity index (χ0) is 29.9. The molecule has 0 radical (unpaired) electrons. The van der Waals surface area contributed by atoms with Crippen molar-refractivity contribution in [2.24, 2.45) is 5.92 Å². The number of carbonyl (C=O) groups is 2. The van der Waals surface area contributed by atoms with Crippen molar-refractivity contribution in [3.8, 4) is 5.75 Å². The van der Waals surface area contributed by atoms with Crippen LogP contribution in [0.1, 0.15) is 37.1 Å². The van der Waals surface area contributed by atoms with Crippen molar-refractivity contribution in [3.63, 3.8) is 0 Å². The summed E-state index contributed by atoms with van der Waals surface area (Å²) in [5, 5.41) is 16.7. The third kappa shape index (κ3) is 11.2. The summed E-state index contributed by atoms with van der Waals surface area (Å²) in [6, 6.07) is 17.0. The van der Waals surface area contributed by atoms with Crippen molar-refractivity contribution in [2.45, 2.75) is 52.9 Å². The van der Waals surface area contributed by atoms with Gasteiger partial charge < -0.3 is 25.8 Å². The van der Waals surface area contributed by atoms with E-state index in [2.05, 4.69) is 64.9 Å². The van der Waals surface area contributed by atoms with Crippen LogP contribution in [0.2, 0.25) is 0 Å². The first kappa shape index (κ1) is 31.9. The van der Waals surface area contributed by atoms with Gasteiger partial charge in [-0.15, -0.1) is 0 Å². The van der Waals surface area contributed by atoms with Crippen LogP contribution in [-0.2, 0) is 16.1 Å². The quantitative estimate of drug-likeness (QED) is 0.244. The minimum atomic E-state index is -5.08. The molecule has 0 saturated carbocycles. The number of carbonyl (C=O) groups excluding carboxylic acids is 1. The Hall–Kier alpha value is -4.35. The molecule has 1 aromatic heterocycles. The first-order valence-corrected chi connectivity index (χ1v) is 12.4. The van der Waals surface area contributed by atoms with Gasteiger partial charge in [0.2, 0.25) is 11.9 Å². The summed E-state index contributed by atoms with van der Waals surface area (Å²) in [5.41, 5.74) is 3.90. The molecule has 0 saturated heterocycles. The van der Waals surface area contributed by atoms with Gasteiger partial charge in [0.15, 0.2) is 0 Å². The van der Waals surface area contributed by atoms with Crippen LogP contribution in [0.15, 0.2) is 54.6 Å². The van der Waals surface area contributed by atoms with Crippen molar-refractivity contribution in [1.82, 2.24) is 9.97 Å². The van der Waals surface area contributed by atoms with Gasteiger partial charge in [0.1, 0.15) is 17.6 Å². The number of nitrogens with one attached hydrogen (secondary N) is 3. The molecule has 1 amide bonds. The van der Waals surface area contributed by atoms with Crippen LogP contribution in [0.4, 0.5) is 30.6 Å². The lowest BCUT2D eigenvalue weighted by Gasteiger charge is -2.21. The third-order valence-electron chi connectivity index (χ3n) is 5.33. The number of anilines is 3. The molecule has 1 heterocycles. The summed E-state index contributed by atoms with van der Waals surface area (Å²) in [7, 11) is 1.61. The summed E-state index contributed by atoms with van der Waals surface area (Å²) in [6.07, 6.45) is -4.42. The predicted octanol–water partition coefficient (Wildman–Crippen LogP) is 5.81.